The first-order chi connectivity index (χ1) is 14.8. The molecule has 3 rings (SSSR count). The van der Waals surface area contributed by atoms with E-state index in [0.717, 1.165) is 10.1 Å². The van der Waals surface area contributed by atoms with Gasteiger partial charge in [0, 0.05) is 17.9 Å². The fourth-order valence-corrected chi connectivity index (χ4v) is 2.64. The van der Waals surface area contributed by atoms with Crippen molar-refractivity contribution in [2.75, 3.05) is 19.7 Å². The van der Waals surface area contributed by atoms with Crippen LogP contribution < -0.4 is 16.7 Å². The quantitative estimate of drug-likeness (QED) is 0.657. The summed E-state index contributed by atoms with van der Waals surface area (Å²) in [6.45, 7) is 5.51. The Bertz CT molecular complexity index is 1080. The van der Waals surface area contributed by atoms with Crippen molar-refractivity contribution >= 4 is 11.6 Å². The summed E-state index contributed by atoms with van der Waals surface area (Å²) in [5.41, 5.74) is 0.845. The number of anilines is 2. The maximum Gasteiger partial charge on any atom is 0.355 e. The van der Waals surface area contributed by atoms with E-state index in [1.807, 2.05) is 13.0 Å². The molecular weight excluding hydrogens is 411 g/mol. The van der Waals surface area contributed by atoms with Gasteiger partial charge in [-0.1, -0.05) is 12.1 Å². The minimum atomic E-state index is -0.665. The molecule has 0 radical (unpaired) electrons. The summed E-state index contributed by atoms with van der Waals surface area (Å²) in [6, 6.07) is 9.05. The van der Waals surface area contributed by atoms with Gasteiger partial charge < -0.3 is 5.32 Å². The van der Waals surface area contributed by atoms with Crippen LogP contribution in [0.2, 0.25) is 0 Å². The van der Waals surface area contributed by atoms with Crippen LogP contribution in [0.3, 0.4) is 0 Å². The molecule has 3 aromatic rings. The van der Waals surface area contributed by atoms with E-state index in [1.54, 1.807) is 32.2 Å². The second-order valence-corrected chi connectivity index (χ2v) is 6.51. The molecule has 0 fully saturated rings. The highest BCUT2D eigenvalue weighted by molar-refractivity contribution is 5.53. The molecule has 2 heterocycles. The lowest BCUT2D eigenvalue weighted by atomic mass is 10.3. The zero-order chi connectivity index (χ0) is 23.6. The smallest absolute Gasteiger partial charge is 0.325 e. The Morgan fingerprint density at radius 2 is 1.74 bits per heavy atom. The minimum Gasteiger partial charge on any atom is -0.325 e. The zero-order valence-corrected chi connectivity index (χ0v) is 18.1. The first kappa shape index (κ1) is 25.6. The normalized spacial score (nSPS) is 9.97. The van der Waals surface area contributed by atoms with E-state index in [1.165, 1.54) is 22.8 Å². The van der Waals surface area contributed by atoms with E-state index in [2.05, 4.69) is 15.3 Å². The molecule has 31 heavy (non-hydrogen) atoms. The number of hydrogen-bond donors (Lipinski definition) is 1. The Morgan fingerprint density at radius 1 is 1.06 bits per heavy atom. The third-order valence-electron chi connectivity index (χ3n) is 3.99. The van der Waals surface area contributed by atoms with Gasteiger partial charge in [-0.3, -0.25) is 18.3 Å². The molecule has 0 aliphatic rings. The maximum atomic E-state index is 13.5. The number of alkyl halides is 2. The second-order valence-electron chi connectivity index (χ2n) is 6.51. The van der Waals surface area contributed by atoms with Crippen molar-refractivity contribution < 1.29 is 13.2 Å². The maximum absolute atomic E-state index is 13.5. The highest BCUT2D eigenvalue weighted by Gasteiger charge is 2.16. The Hall–Kier alpha value is -3.43. The number of nitrogens with one attached hydrogen (secondary N) is 1. The molecule has 0 saturated heterocycles. The molecule has 0 spiro atoms. The van der Waals surface area contributed by atoms with Gasteiger partial charge in [0.2, 0.25) is 5.95 Å². The molecule has 1 N–H and O–H groups in total. The number of halogens is 3. The summed E-state index contributed by atoms with van der Waals surface area (Å²) in [7, 11) is 1.00. The summed E-state index contributed by atoms with van der Waals surface area (Å²) >= 11 is 0. The predicted molar refractivity (Wildman–Crippen MR) is 115 cm³/mol. The van der Waals surface area contributed by atoms with Gasteiger partial charge in [-0.05, 0) is 50.6 Å². The molecule has 0 atom stereocenters. The molecule has 168 valence electrons. The van der Waals surface area contributed by atoms with Gasteiger partial charge in [-0.2, -0.15) is 4.98 Å². The third kappa shape index (κ3) is 6.80. The first-order valence-corrected chi connectivity index (χ1v) is 9.28. The lowest BCUT2D eigenvalue weighted by Crippen LogP contribution is -2.43. The molecule has 0 aliphatic heterocycles. The Labute approximate surface area is 178 Å². The number of pyridine rings is 1. The summed E-state index contributed by atoms with van der Waals surface area (Å²) in [5.74, 6) is -0.403. The van der Waals surface area contributed by atoms with Crippen molar-refractivity contribution in [3.63, 3.8) is 0 Å². The topological polar surface area (TPSA) is 81.8 Å². The van der Waals surface area contributed by atoms with Crippen molar-refractivity contribution in [2.45, 2.75) is 33.4 Å². The fourth-order valence-electron chi connectivity index (χ4n) is 2.64. The van der Waals surface area contributed by atoms with E-state index in [4.69, 9.17) is 0 Å². The molecular formula is C21H26F3N5O2. The van der Waals surface area contributed by atoms with E-state index >= 15 is 0 Å². The van der Waals surface area contributed by atoms with Gasteiger partial charge in [0.25, 0.3) is 0 Å². The fraction of sp³-hybridized carbons (Fsp3) is 0.333. The van der Waals surface area contributed by atoms with E-state index < -0.39 is 17.2 Å². The van der Waals surface area contributed by atoms with E-state index in [0.29, 0.717) is 25.7 Å². The van der Waals surface area contributed by atoms with Crippen molar-refractivity contribution in [2.24, 2.45) is 0 Å². The molecule has 0 bridgehead atoms. The molecule has 10 heteroatoms. The number of aromatic nitrogens is 4. The number of aryl methyl sites for hydroxylation is 1. The van der Waals surface area contributed by atoms with Crippen molar-refractivity contribution in [3.05, 3.63) is 80.6 Å². The van der Waals surface area contributed by atoms with Gasteiger partial charge in [-0.25, -0.2) is 18.5 Å². The minimum absolute atomic E-state index is 0.0369. The molecule has 0 aliphatic carbocycles. The Kier molecular flexibility index (Phi) is 10.2. The van der Waals surface area contributed by atoms with Crippen LogP contribution in [0.15, 0.2) is 52.2 Å². The van der Waals surface area contributed by atoms with E-state index in [9.17, 15) is 22.8 Å². The number of hydrogen-bond acceptors (Lipinski definition) is 5. The lowest BCUT2D eigenvalue weighted by molar-refractivity contribution is 0.495. The largest absolute Gasteiger partial charge is 0.355 e. The van der Waals surface area contributed by atoms with Crippen molar-refractivity contribution in [1.29, 1.82) is 0 Å². The Balaban J connectivity index is 0.00000113. The van der Waals surface area contributed by atoms with Crippen LogP contribution in [-0.2, 0) is 6.54 Å². The van der Waals surface area contributed by atoms with Gasteiger partial charge in [-0.15, -0.1) is 0 Å². The van der Waals surface area contributed by atoms with Crippen LogP contribution in [0.25, 0.3) is 0 Å². The van der Waals surface area contributed by atoms with Gasteiger partial charge in [0.15, 0.2) is 0 Å². The lowest BCUT2D eigenvalue weighted by Gasteiger charge is -2.17. The van der Waals surface area contributed by atoms with Gasteiger partial charge in [0.1, 0.15) is 5.82 Å². The van der Waals surface area contributed by atoms with Gasteiger partial charge >= 0.3 is 11.4 Å². The number of nitrogens with zero attached hydrogens (tertiary/aromatic N) is 4. The van der Waals surface area contributed by atoms with Crippen LogP contribution in [0, 0.1) is 12.7 Å². The highest BCUT2D eigenvalue weighted by Crippen LogP contribution is 2.15. The average Bonchev–Trinajstić information content (AvgIpc) is 2.75. The standard InChI is InChI=1S/C19H20FN5O2.2CH3F/c1-12(2)25-18(26)23-17(22-15-6-4-5-14(20)9-15)24(19(25)27)11-16-8-7-13(3)10-21-16;2*1-2/h4-10,12H,11H2,1-3H3,(H,22,23,26);2*1H3. The third-order valence-corrected chi connectivity index (χ3v) is 3.99. The molecule has 0 unspecified atom stereocenters. The molecule has 1 aromatic carbocycles. The van der Waals surface area contributed by atoms with Crippen molar-refractivity contribution in [1.82, 2.24) is 19.1 Å². The van der Waals surface area contributed by atoms with Crippen LogP contribution in [0.5, 0.6) is 0 Å². The molecule has 2 aromatic heterocycles. The Morgan fingerprint density at radius 3 is 2.29 bits per heavy atom. The number of benzene rings is 1. The number of rotatable bonds is 5. The molecule has 0 amide bonds. The molecule has 0 saturated carbocycles. The summed E-state index contributed by atoms with van der Waals surface area (Å²) in [5, 5.41) is 2.86. The van der Waals surface area contributed by atoms with Crippen LogP contribution in [0.4, 0.5) is 24.8 Å². The van der Waals surface area contributed by atoms with Crippen LogP contribution >= 0.6 is 0 Å². The van der Waals surface area contributed by atoms with Crippen LogP contribution in [0.1, 0.15) is 31.1 Å². The van der Waals surface area contributed by atoms with E-state index in [-0.39, 0.29) is 18.5 Å². The SMILES string of the molecule is CF.CF.Cc1ccc(Cn2c(Nc3cccc(F)c3)nc(=O)n(C(C)C)c2=O)nc1. The summed E-state index contributed by atoms with van der Waals surface area (Å²) < 4.78 is 34.9. The predicted octanol–water partition coefficient (Wildman–Crippen LogP) is 3.79. The first-order valence-electron chi connectivity index (χ1n) is 9.28. The van der Waals surface area contributed by atoms with Crippen LogP contribution in [-0.4, -0.2) is 33.5 Å². The summed E-state index contributed by atoms with van der Waals surface area (Å²) in [6.07, 6.45) is 1.70. The monoisotopic (exact) mass is 437 g/mol. The second kappa shape index (κ2) is 12.3. The van der Waals surface area contributed by atoms with Gasteiger partial charge in [0.05, 0.1) is 26.6 Å². The highest BCUT2D eigenvalue weighted by atomic mass is 19.1. The summed E-state index contributed by atoms with van der Waals surface area (Å²) in [4.78, 5) is 33.6. The molecule has 7 nitrogen and oxygen atoms in total. The van der Waals surface area contributed by atoms with Crippen molar-refractivity contribution in [3.8, 4) is 0 Å². The zero-order valence-electron chi connectivity index (χ0n) is 18.1. The average molecular weight is 437 g/mol.